The largest absolute Gasteiger partial charge is 0.507 e. The monoisotopic (exact) mass is 611 g/mol. The van der Waals surface area contributed by atoms with Crippen molar-refractivity contribution in [1.82, 2.24) is 4.90 Å². The highest BCUT2D eigenvalue weighted by atomic mass is 79.9. The zero-order valence-corrected chi connectivity index (χ0v) is 25.9. The molecule has 0 radical (unpaired) electrons. The van der Waals surface area contributed by atoms with E-state index in [4.69, 9.17) is 4.74 Å². The number of halogens is 1. The van der Waals surface area contributed by atoms with Crippen LogP contribution in [0.3, 0.4) is 0 Å². The van der Waals surface area contributed by atoms with Gasteiger partial charge in [0, 0.05) is 16.6 Å². The van der Waals surface area contributed by atoms with E-state index >= 15 is 0 Å². The average molecular weight is 613 g/mol. The fourth-order valence-corrected chi connectivity index (χ4v) is 5.75. The number of aliphatic hydroxyl groups is 1. The molecule has 1 aliphatic rings. The summed E-state index contributed by atoms with van der Waals surface area (Å²) >= 11 is 3.41. The molecule has 0 saturated carbocycles. The lowest BCUT2D eigenvalue weighted by Gasteiger charge is -2.25. The van der Waals surface area contributed by atoms with Crippen LogP contribution in [-0.4, -0.2) is 35.4 Å². The molecule has 6 heteroatoms. The summed E-state index contributed by atoms with van der Waals surface area (Å²) in [5.74, 6) is -0.628. The Morgan fingerprint density at radius 3 is 1.77 bits per heavy atom. The van der Waals surface area contributed by atoms with E-state index in [1.807, 2.05) is 36.4 Å². The molecule has 3 rings (SSSR count). The summed E-state index contributed by atoms with van der Waals surface area (Å²) in [6, 6.07) is 13.8. The van der Waals surface area contributed by atoms with E-state index in [2.05, 4.69) is 22.9 Å². The number of carbonyl (C=O) groups is 2. The number of benzene rings is 2. The number of rotatable bonds is 18. The second-order valence-electron chi connectivity index (χ2n) is 10.9. The minimum atomic E-state index is -0.633. The van der Waals surface area contributed by atoms with Crippen molar-refractivity contribution in [2.24, 2.45) is 0 Å². The molecule has 218 valence electrons. The predicted molar refractivity (Wildman–Crippen MR) is 166 cm³/mol. The summed E-state index contributed by atoms with van der Waals surface area (Å²) in [7, 11) is 1.60. The van der Waals surface area contributed by atoms with Crippen LogP contribution in [0.15, 0.2) is 58.6 Å². The Morgan fingerprint density at radius 1 is 0.775 bits per heavy atom. The molecule has 1 amide bonds. The highest BCUT2D eigenvalue weighted by Crippen LogP contribution is 2.40. The molecule has 2 aromatic carbocycles. The maximum Gasteiger partial charge on any atom is 0.295 e. The normalized spacial score (nSPS) is 16.6. The molecule has 0 bridgehead atoms. The molecule has 1 saturated heterocycles. The van der Waals surface area contributed by atoms with E-state index < -0.39 is 17.7 Å². The molecule has 5 nitrogen and oxygen atoms in total. The number of nitrogens with zero attached hydrogens (tertiary/aromatic N) is 1. The number of methoxy groups -OCH3 is 1. The number of likely N-dealkylation sites (tertiary alicyclic amines) is 1. The van der Waals surface area contributed by atoms with Gasteiger partial charge in [0.15, 0.2) is 0 Å². The fourth-order valence-electron chi connectivity index (χ4n) is 5.48. The van der Waals surface area contributed by atoms with Crippen molar-refractivity contribution in [3.63, 3.8) is 0 Å². The summed E-state index contributed by atoms with van der Waals surface area (Å²) in [4.78, 5) is 28.0. The van der Waals surface area contributed by atoms with Gasteiger partial charge in [0.05, 0.1) is 18.7 Å². The van der Waals surface area contributed by atoms with Crippen molar-refractivity contribution in [2.75, 3.05) is 13.7 Å². The summed E-state index contributed by atoms with van der Waals surface area (Å²) < 4.78 is 6.17. The van der Waals surface area contributed by atoms with Crippen LogP contribution in [-0.2, 0) is 9.59 Å². The quantitative estimate of drug-likeness (QED) is 0.0789. The molecule has 40 heavy (non-hydrogen) atoms. The van der Waals surface area contributed by atoms with E-state index in [-0.39, 0.29) is 11.3 Å². The smallest absolute Gasteiger partial charge is 0.295 e. The first-order chi connectivity index (χ1) is 19.5. The van der Waals surface area contributed by atoms with Gasteiger partial charge in [-0.25, -0.2) is 0 Å². The Morgan fingerprint density at radius 2 is 1.27 bits per heavy atom. The number of hydrogen-bond donors (Lipinski definition) is 1. The van der Waals surface area contributed by atoms with Gasteiger partial charge in [-0.15, -0.1) is 0 Å². The number of Topliss-reactive ketones (excluding diaryl/α,β-unsaturated/α-hetero) is 1. The molecule has 1 fully saturated rings. The van der Waals surface area contributed by atoms with Crippen molar-refractivity contribution in [3.8, 4) is 5.75 Å². The van der Waals surface area contributed by atoms with Crippen LogP contribution in [0.1, 0.15) is 114 Å². The number of amides is 1. The first kappa shape index (κ1) is 31.9. The Kier molecular flexibility index (Phi) is 13.8. The van der Waals surface area contributed by atoms with E-state index in [1.54, 1.807) is 24.1 Å². The number of ether oxygens (including phenoxy) is 1. The first-order valence-electron chi connectivity index (χ1n) is 15.2. The number of unbranched alkanes of at least 4 members (excludes halogenated alkanes) is 13. The van der Waals surface area contributed by atoms with Crippen LogP contribution >= 0.6 is 15.9 Å². The van der Waals surface area contributed by atoms with Crippen LogP contribution in [0.4, 0.5) is 0 Å². The topological polar surface area (TPSA) is 66.8 Å². The van der Waals surface area contributed by atoms with Crippen molar-refractivity contribution in [2.45, 2.75) is 103 Å². The highest BCUT2D eigenvalue weighted by molar-refractivity contribution is 9.10. The van der Waals surface area contributed by atoms with E-state index in [9.17, 15) is 14.7 Å². The van der Waals surface area contributed by atoms with E-state index in [0.29, 0.717) is 17.9 Å². The van der Waals surface area contributed by atoms with Gasteiger partial charge in [0.1, 0.15) is 11.5 Å². The average Bonchev–Trinajstić information content (AvgIpc) is 3.22. The second-order valence-corrected chi connectivity index (χ2v) is 11.8. The molecule has 1 unspecified atom stereocenters. The SMILES string of the molecule is CCCCCCCCCCCCCCCCN1C(=O)C(=O)C(=C(O)c2ccc(Br)cc2)C1c1ccc(OC)cc1. The molecular weight excluding hydrogens is 566 g/mol. The fraction of sp³-hybridized carbons (Fsp3) is 0.529. The number of ketones is 1. The van der Waals surface area contributed by atoms with E-state index in [1.165, 1.54) is 70.6 Å². The van der Waals surface area contributed by atoms with Crippen molar-refractivity contribution in [3.05, 3.63) is 69.7 Å². The van der Waals surface area contributed by atoms with Gasteiger partial charge in [-0.05, 0) is 36.2 Å². The van der Waals surface area contributed by atoms with Crippen molar-refractivity contribution >= 4 is 33.4 Å². The Hall–Kier alpha value is -2.60. The molecule has 1 aliphatic heterocycles. The summed E-state index contributed by atoms with van der Waals surface area (Å²) in [6.07, 6.45) is 17.6. The second kappa shape index (κ2) is 17.3. The lowest BCUT2D eigenvalue weighted by Crippen LogP contribution is -2.30. The van der Waals surface area contributed by atoms with Gasteiger partial charge in [0.25, 0.3) is 11.7 Å². The van der Waals surface area contributed by atoms with Gasteiger partial charge < -0.3 is 14.7 Å². The van der Waals surface area contributed by atoms with Crippen LogP contribution in [0.25, 0.3) is 5.76 Å². The molecular formula is C34H46BrNO4. The van der Waals surface area contributed by atoms with Crippen molar-refractivity contribution in [1.29, 1.82) is 0 Å². The van der Waals surface area contributed by atoms with Gasteiger partial charge >= 0.3 is 0 Å². The number of carbonyl (C=O) groups excluding carboxylic acids is 2. The molecule has 1 N–H and O–H groups in total. The van der Waals surface area contributed by atoms with Crippen molar-refractivity contribution < 1.29 is 19.4 Å². The van der Waals surface area contributed by atoms with Gasteiger partial charge in [0.2, 0.25) is 0 Å². The summed E-state index contributed by atoms with van der Waals surface area (Å²) in [6.45, 7) is 2.74. The molecule has 0 spiro atoms. The Labute approximate surface area is 249 Å². The third-order valence-electron chi connectivity index (χ3n) is 7.84. The van der Waals surface area contributed by atoms with Gasteiger partial charge in [-0.3, -0.25) is 9.59 Å². The molecule has 1 atom stereocenters. The van der Waals surface area contributed by atoms with Crippen LogP contribution in [0, 0.1) is 0 Å². The lowest BCUT2D eigenvalue weighted by molar-refractivity contribution is -0.139. The molecule has 1 heterocycles. The molecule has 2 aromatic rings. The third kappa shape index (κ3) is 9.22. The summed E-state index contributed by atoms with van der Waals surface area (Å²) in [5, 5.41) is 11.2. The zero-order chi connectivity index (χ0) is 28.7. The van der Waals surface area contributed by atoms with Gasteiger partial charge in [-0.2, -0.15) is 0 Å². The van der Waals surface area contributed by atoms with Crippen LogP contribution < -0.4 is 4.74 Å². The maximum absolute atomic E-state index is 13.2. The molecule has 0 aromatic heterocycles. The maximum atomic E-state index is 13.2. The third-order valence-corrected chi connectivity index (χ3v) is 8.37. The Balaban J connectivity index is 1.55. The number of aliphatic hydroxyl groups excluding tert-OH is 1. The van der Waals surface area contributed by atoms with Crippen LogP contribution in [0.5, 0.6) is 5.75 Å². The number of hydrogen-bond acceptors (Lipinski definition) is 4. The minimum absolute atomic E-state index is 0.142. The minimum Gasteiger partial charge on any atom is -0.507 e. The van der Waals surface area contributed by atoms with Gasteiger partial charge in [-0.1, -0.05) is 131 Å². The highest BCUT2D eigenvalue weighted by Gasteiger charge is 2.45. The predicted octanol–water partition coefficient (Wildman–Crippen LogP) is 9.36. The Bertz CT molecular complexity index is 1090. The molecule has 0 aliphatic carbocycles. The lowest BCUT2D eigenvalue weighted by atomic mass is 9.95. The zero-order valence-electron chi connectivity index (χ0n) is 24.3. The summed E-state index contributed by atoms with van der Waals surface area (Å²) in [5.41, 5.74) is 1.43. The van der Waals surface area contributed by atoms with Crippen LogP contribution in [0.2, 0.25) is 0 Å². The van der Waals surface area contributed by atoms with E-state index in [0.717, 1.165) is 29.3 Å². The first-order valence-corrected chi connectivity index (χ1v) is 16.0. The standard InChI is InChI=1S/C34H46BrNO4/c1-3-4-5-6-7-8-9-10-11-12-13-14-15-16-25-36-31(26-19-23-29(40-2)24-20-26)30(33(38)34(36)39)32(37)27-17-21-28(35)22-18-27/h17-24,31,37H,3-16,25H2,1-2H3.